The number of ketones is 1. The minimum absolute atomic E-state index is 0.0857. The fourth-order valence-corrected chi connectivity index (χ4v) is 1.15. The molecule has 0 aromatic carbocycles. The monoisotopic (exact) mass is 220 g/mol. The first-order valence-electron chi connectivity index (χ1n) is 5.12. The molecule has 0 aliphatic rings. The third-order valence-electron chi connectivity index (χ3n) is 1.92. The Morgan fingerprint density at radius 3 is 2.00 bits per heavy atom. The summed E-state index contributed by atoms with van der Waals surface area (Å²) >= 11 is 0. The Kier molecular flexibility index (Phi) is 7.50. The number of carbonyl (C=O) groups excluding carboxylic acids is 1. The smallest absolute Gasteiger partial charge is 0.160 e. The zero-order chi connectivity index (χ0) is 11.8. The van der Waals surface area contributed by atoms with Crippen LogP contribution in [0.25, 0.3) is 0 Å². The summed E-state index contributed by atoms with van der Waals surface area (Å²) < 4.78 is 10.4. The molecular formula is C10H20O5. The van der Waals surface area contributed by atoms with E-state index in [0.29, 0.717) is 13.2 Å². The number of Topliss-reactive ketones (excluding diaryl/α,β-unsaturated/α-hetero) is 1. The van der Waals surface area contributed by atoms with Gasteiger partial charge in [-0.3, -0.25) is 4.79 Å². The van der Waals surface area contributed by atoms with Crippen LogP contribution in [0.4, 0.5) is 0 Å². The number of aliphatic hydroxyl groups is 2. The first kappa shape index (κ1) is 14.5. The fraction of sp³-hybridized carbons (Fsp3) is 0.900. The molecule has 0 aliphatic carbocycles. The van der Waals surface area contributed by atoms with E-state index in [9.17, 15) is 15.0 Å². The van der Waals surface area contributed by atoms with Crippen molar-refractivity contribution in [3.05, 3.63) is 0 Å². The van der Waals surface area contributed by atoms with Gasteiger partial charge >= 0.3 is 0 Å². The van der Waals surface area contributed by atoms with E-state index >= 15 is 0 Å². The molecule has 90 valence electrons. The normalized spacial score (nSPS) is 15.3. The molecule has 2 N–H and O–H groups in total. The Hall–Kier alpha value is -0.490. The fourth-order valence-electron chi connectivity index (χ4n) is 1.15. The van der Waals surface area contributed by atoms with Crippen molar-refractivity contribution in [3.63, 3.8) is 0 Å². The molecular weight excluding hydrogens is 200 g/mol. The molecule has 0 aliphatic heterocycles. The van der Waals surface area contributed by atoms with Gasteiger partial charge in [-0.25, -0.2) is 0 Å². The maximum Gasteiger partial charge on any atom is 0.160 e. The van der Waals surface area contributed by atoms with Gasteiger partial charge in [0.05, 0.1) is 6.10 Å². The molecule has 0 rings (SSSR count). The molecule has 0 saturated carbocycles. The quantitative estimate of drug-likeness (QED) is 0.567. The Morgan fingerprint density at radius 1 is 1.20 bits per heavy atom. The van der Waals surface area contributed by atoms with Crippen molar-refractivity contribution in [3.8, 4) is 0 Å². The van der Waals surface area contributed by atoms with Crippen molar-refractivity contribution in [1.29, 1.82) is 0 Å². The second-order valence-corrected chi connectivity index (χ2v) is 3.20. The van der Waals surface area contributed by atoms with Gasteiger partial charge in [-0.2, -0.15) is 0 Å². The Bertz CT molecular complexity index is 177. The van der Waals surface area contributed by atoms with E-state index in [0.717, 1.165) is 0 Å². The summed E-state index contributed by atoms with van der Waals surface area (Å²) in [6, 6.07) is 0. The average molecular weight is 220 g/mol. The first-order valence-corrected chi connectivity index (χ1v) is 5.12. The standard InChI is InChI=1S/C10H20O5/c1-4-14-9(15-5-2)6-8(12)10(13)7(3)11/h8-10,12-13H,4-6H2,1-3H3/t8-,10+/m1/s1. The van der Waals surface area contributed by atoms with Crippen LogP contribution < -0.4 is 0 Å². The van der Waals surface area contributed by atoms with Crippen molar-refractivity contribution >= 4 is 5.78 Å². The van der Waals surface area contributed by atoms with Gasteiger partial charge in [-0.15, -0.1) is 0 Å². The molecule has 0 aromatic rings. The second-order valence-electron chi connectivity index (χ2n) is 3.20. The van der Waals surface area contributed by atoms with Crippen LogP contribution in [0, 0.1) is 0 Å². The van der Waals surface area contributed by atoms with Crippen LogP contribution in [0.5, 0.6) is 0 Å². The Balaban J connectivity index is 4.08. The summed E-state index contributed by atoms with van der Waals surface area (Å²) in [4.78, 5) is 10.8. The number of aliphatic hydroxyl groups excluding tert-OH is 2. The number of ether oxygens (including phenoxy) is 2. The van der Waals surface area contributed by atoms with E-state index in [1.165, 1.54) is 6.92 Å². The van der Waals surface area contributed by atoms with Gasteiger partial charge < -0.3 is 19.7 Å². The van der Waals surface area contributed by atoms with E-state index in [4.69, 9.17) is 9.47 Å². The summed E-state index contributed by atoms with van der Waals surface area (Å²) in [5.74, 6) is -0.464. The summed E-state index contributed by atoms with van der Waals surface area (Å²) in [6.07, 6.45) is -3.01. The molecule has 0 unspecified atom stereocenters. The van der Waals surface area contributed by atoms with Gasteiger partial charge in [-0.1, -0.05) is 0 Å². The van der Waals surface area contributed by atoms with Gasteiger partial charge in [0.25, 0.3) is 0 Å². The molecule has 0 fully saturated rings. The molecule has 0 radical (unpaired) electrons. The zero-order valence-corrected chi connectivity index (χ0v) is 9.47. The molecule has 5 heteroatoms. The summed E-state index contributed by atoms with van der Waals surface area (Å²) in [5, 5.41) is 18.8. The first-order chi connectivity index (χ1) is 7.02. The zero-order valence-electron chi connectivity index (χ0n) is 9.47. The van der Waals surface area contributed by atoms with Crippen molar-refractivity contribution in [1.82, 2.24) is 0 Å². The maximum atomic E-state index is 10.8. The predicted octanol–water partition coefficient (Wildman–Crippen LogP) is 0.0864. The number of hydrogen-bond donors (Lipinski definition) is 2. The third-order valence-corrected chi connectivity index (χ3v) is 1.92. The van der Waals surface area contributed by atoms with Crippen molar-refractivity contribution in [2.75, 3.05) is 13.2 Å². The van der Waals surface area contributed by atoms with Crippen LogP contribution in [-0.4, -0.2) is 47.7 Å². The van der Waals surface area contributed by atoms with Crippen LogP contribution >= 0.6 is 0 Å². The number of hydrogen-bond acceptors (Lipinski definition) is 5. The molecule has 2 atom stereocenters. The van der Waals surface area contributed by atoms with Gasteiger partial charge in [0.1, 0.15) is 6.10 Å². The average Bonchev–Trinajstić information content (AvgIpc) is 2.17. The number of carbonyl (C=O) groups is 1. The largest absolute Gasteiger partial charge is 0.390 e. The van der Waals surface area contributed by atoms with Crippen LogP contribution in [0.1, 0.15) is 27.2 Å². The maximum absolute atomic E-state index is 10.8. The van der Waals surface area contributed by atoms with Crippen LogP contribution in [0.2, 0.25) is 0 Å². The molecule has 0 saturated heterocycles. The van der Waals surface area contributed by atoms with Crippen LogP contribution in [-0.2, 0) is 14.3 Å². The SMILES string of the molecule is CCOC(C[C@@H](O)[C@@H](O)C(C)=O)OCC. The minimum atomic E-state index is -1.37. The van der Waals surface area contributed by atoms with Crippen LogP contribution in [0.3, 0.4) is 0 Å². The van der Waals surface area contributed by atoms with Gasteiger partial charge in [0, 0.05) is 19.6 Å². The lowest BCUT2D eigenvalue weighted by atomic mass is 10.1. The molecule has 0 amide bonds. The number of rotatable bonds is 8. The highest BCUT2D eigenvalue weighted by molar-refractivity contribution is 5.80. The van der Waals surface area contributed by atoms with Crippen molar-refractivity contribution in [2.24, 2.45) is 0 Å². The van der Waals surface area contributed by atoms with Crippen LogP contribution in [0.15, 0.2) is 0 Å². The highest BCUT2D eigenvalue weighted by atomic mass is 16.7. The van der Waals surface area contributed by atoms with Crippen molar-refractivity contribution < 1.29 is 24.5 Å². The Labute approximate surface area is 90.0 Å². The highest BCUT2D eigenvalue weighted by Crippen LogP contribution is 2.09. The summed E-state index contributed by atoms with van der Waals surface area (Å²) in [6.45, 7) is 5.74. The van der Waals surface area contributed by atoms with E-state index in [-0.39, 0.29) is 6.42 Å². The van der Waals surface area contributed by atoms with Gasteiger partial charge in [0.15, 0.2) is 12.1 Å². The van der Waals surface area contributed by atoms with E-state index < -0.39 is 24.3 Å². The van der Waals surface area contributed by atoms with Gasteiger partial charge in [-0.05, 0) is 20.8 Å². The topological polar surface area (TPSA) is 76.0 Å². The highest BCUT2D eigenvalue weighted by Gasteiger charge is 2.24. The van der Waals surface area contributed by atoms with E-state index in [1.54, 1.807) is 13.8 Å². The molecule has 5 nitrogen and oxygen atoms in total. The minimum Gasteiger partial charge on any atom is -0.390 e. The molecule has 0 spiro atoms. The Morgan fingerprint density at radius 2 is 1.67 bits per heavy atom. The lowest BCUT2D eigenvalue weighted by molar-refractivity contribution is -0.164. The second kappa shape index (κ2) is 7.76. The van der Waals surface area contributed by atoms with E-state index in [1.807, 2.05) is 0 Å². The predicted molar refractivity (Wildman–Crippen MR) is 54.4 cm³/mol. The molecule has 0 heterocycles. The lowest BCUT2D eigenvalue weighted by Crippen LogP contribution is -2.36. The van der Waals surface area contributed by atoms with Crippen molar-refractivity contribution in [2.45, 2.75) is 45.7 Å². The molecule has 0 bridgehead atoms. The molecule has 15 heavy (non-hydrogen) atoms. The lowest BCUT2D eigenvalue weighted by Gasteiger charge is -2.22. The van der Waals surface area contributed by atoms with E-state index in [2.05, 4.69) is 0 Å². The summed E-state index contributed by atoms with van der Waals surface area (Å²) in [7, 11) is 0. The van der Waals surface area contributed by atoms with Gasteiger partial charge in [0.2, 0.25) is 0 Å². The third kappa shape index (κ3) is 5.84. The molecule has 0 aromatic heterocycles. The summed E-state index contributed by atoms with van der Waals surface area (Å²) in [5.41, 5.74) is 0.